The fraction of sp³-hybridized carbons (Fsp3) is 0.304. The zero-order valence-electron chi connectivity index (χ0n) is 17.1. The number of carbonyl (C=O) groups is 2. The molecule has 158 valence electrons. The van der Waals surface area contributed by atoms with Crippen LogP contribution >= 0.6 is 0 Å². The van der Waals surface area contributed by atoms with Crippen molar-refractivity contribution < 1.29 is 23.6 Å². The Labute approximate surface area is 175 Å². The summed E-state index contributed by atoms with van der Waals surface area (Å²) in [6, 6.07) is 13.1. The normalized spacial score (nSPS) is 18.0. The smallest absolute Gasteiger partial charge is 0.245 e. The summed E-state index contributed by atoms with van der Waals surface area (Å²) in [5.41, 5.74) is 1.54. The molecule has 2 atom stereocenters. The lowest BCUT2D eigenvalue weighted by molar-refractivity contribution is -0.169. The number of amides is 2. The second-order valence-corrected chi connectivity index (χ2v) is 7.02. The van der Waals surface area contributed by atoms with Crippen molar-refractivity contribution in [3.05, 3.63) is 72.6 Å². The number of hydrogen-bond acceptors (Lipinski definition) is 4. The molecule has 0 N–H and O–H groups in total. The maximum atomic E-state index is 13.4. The quantitative estimate of drug-likeness (QED) is 0.356. The van der Waals surface area contributed by atoms with Gasteiger partial charge in [-0.2, -0.15) is 0 Å². The first kappa shape index (κ1) is 21.5. The molecule has 1 heterocycles. The highest BCUT2D eigenvalue weighted by atomic mass is 19.1. The number of hydroxylamine groups is 2. The minimum atomic E-state index is -0.364. The highest BCUT2D eigenvalue weighted by Gasteiger charge is 2.48. The van der Waals surface area contributed by atoms with Gasteiger partial charge in [0.2, 0.25) is 11.8 Å². The van der Waals surface area contributed by atoms with Crippen LogP contribution in [0.5, 0.6) is 5.75 Å². The second-order valence-electron chi connectivity index (χ2n) is 7.02. The number of halogens is 1. The number of rotatable bonds is 9. The molecule has 2 aromatic rings. The maximum Gasteiger partial charge on any atom is 0.245 e. The van der Waals surface area contributed by atoms with Gasteiger partial charge in [-0.25, -0.2) is 9.45 Å². The standard InChI is InChI=1S/C23H25FN2O4/c1-4-15-30-19-11-5-16(6-12-19)22-20(13-14-21(27)25(2)29-3)23(28)26(22)18-9-7-17(24)8-10-18/h4-12,20,22H,1,13-15H2,2-3H3/t20-,22-/m1/s1. The average Bonchev–Trinajstić information content (AvgIpc) is 2.77. The molecule has 0 saturated carbocycles. The lowest BCUT2D eigenvalue weighted by Crippen LogP contribution is -2.55. The predicted octanol–water partition coefficient (Wildman–Crippen LogP) is 3.89. The van der Waals surface area contributed by atoms with E-state index in [1.807, 2.05) is 24.3 Å². The summed E-state index contributed by atoms with van der Waals surface area (Å²) < 4.78 is 18.9. The van der Waals surface area contributed by atoms with E-state index in [0.717, 1.165) is 10.6 Å². The molecule has 0 unspecified atom stereocenters. The van der Waals surface area contributed by atoms with Crippen LogP contribution in [0.4, 0.5) is 10.1 Å². The summed E-state index contributed by atoms with van der Waals surface area (Å²) in [4.78, 5) is 31.6. The van der Waals surface area contributed by atoms with Crippen molar-refractivity contribution in [2.75, 3.05) is 25.7 Å². The molecule has 0 aromatic heterocycles. The molecule has 0 radical (unpaired) electrons. The molecule has 7 heteroatoms. The van der Waals surface area contributed by atoms with Gasteiger partial charge < -0.3 is 9.64 Å². The summed E-state index contributed by atoms with van der Waals surface area (Å²) in [7, 11) is 2.96. The zero-order chi connectivity index (χ0) is 21.7. The van der Waals surface area contributed by atoms with Crippen molar-refractivity contribution in [3.63, 3.8) is 0 Å². The van der Waals surface area contributed by atoms with Crippen molar-refractivity contribution in [2.45, 2.75) is 18.9 Å². The second kappa shape index (κ2) is 9.54. The first-order valence-corrected chi connectivity index (χ1v) is 9.69. The predicted molar refractivity (Wildman–Crippen MR) is 111 cm³/mol. The van der Waals surface area contributed by atoms with E-state index in [-0.39, 0.29) is 36.0 Å². The first-order valence-electron chi connectivity index (χ1n) is 9.69. The van der Waals surface area contributed by atoms with E-state index in [0.29, 0.717) is 24.5 Å². The molecule has 0 aliphatic carbocycles. The molecule has 1 aliphatic heterocycles. The lowest BCUT2D eigenvalue weighted by atomic mass is 9.79. The molecule has 0 spiro atoms. The summed E-state index contributed by atoms with van der Waals surface area (Å²) in [6.07, 6.45) is 2.25. The summed E-state index contributed by atoms with van der Waals surface area (Å²) >= 11 is 0. The van der Waals surface area contributed by atoms with Gasteiger partial charge in [-0.05, 0) is 48.4 Å². The van der Waals surface area contributed by atoms with E-state index >= 15 is 0 Å². The highest BCUT2D eigenvalue weighted by molar-refractivity contribution is 6.03. The van der Waals surface area contributed by atoms with Gasteiger partial charge in [0.1, 0.15) is 18.2 Å². The average molecular weight is 412 g/mol. The molecule has 6 nitrogen and oxygen atoms in total. The lowest BCUT2D eigenvalue weighted by Gasteiger charge is -2.47. The van der Waals surface area contributed by atoms with Gasteiger partial charge >= 0.3 is 0 Å². The number of carbonyl (C=O) groups excluding carboxylic acids is 2. The minimum Gasteiger partial charge on any atom is -0.490 e. The van der Waals surface area contributed by atoms with Gasteiger partial charge in [0.15, 0.2) is 0 Å². The summed E-state index contributed by atoms with van der Waals surface area (Å²) in [6.45, 7) is 4.03. The number of β-lactam (4-membered cyclic amide) rings is 1. The molecule has 2 amide bonds. The van der Waals surface area contributed by atoms with Crippen LogP contribution in [0.2, 0.25) is 0 Å². The fourth-order valence-electron chi connectivity index (χ4n) is 3.56. The molecule has 0 bridgehead atoms. The molecular formula is C23H25FN2O4. The minimum absolute atomic E-state index is 0.0912. The van der Waals surface area contributed by atoms with Crippen LogP contribution in [0.25, 0.3) is 0 Å². The van der Waals surface area contributed by atoms with Crippen LogP contribution in [0.3, 0.4) is 0 Å². The van der Waals surface area contributed by atoms with E-state index < -0.39 is 0 Å². The summed E-state index contributed by atoms with van der Waals surface area (Å²) in [5, 5.41) is 1.15. The first-order chi connectivity index (χ1) is 14.5. The Balaban J connectivity index is 1.83. The van der Waals surface area contributed by atoms with Gasteiger partial charge in [0.25, 0.3) is 0 Å². The van der Waals surface area contributed by atoms with Crippen molar-refractivity contribution in [1.29, 1.82) is 0 Å². The highest BCUT2D eigenvalue weighted by Crippen LogP contribution is 2.45. The Morgan fingerprint density at radius 3 is 2.47 bits per heavy atom. The monoisotopic (exact) mass is 412 g/mol. The Morgan fingerprint density at radius 2 is 1.87 bits per heavy atom. The third-order valence-corrected chi connectivity index (χ3v) is 5.20. The third kappa shape index (κ3) is 4.52. The van der Waals surface area contributed by atoms with Crippen molar-refractivity contribution >= 4 is 17.5 Å². The summed E-state index contributed by atoms with van der Waals surface area (Å²) in [5.74, 6) is -0.309. The number of hydrogen-bond donors (Lipinski definition) is 0. The number of nitrogens with zero attached hydrogens (tertiary/aromatic N) is 2. The van der Waals surface area contributed by atoms with E-state index in [4.69, 9.17) is 9.57 Å². The number of benzene rings is 2. The van der Waals surface area contributed by atoms with Gasteiger partial charge in [0, 0.05) is 19.2 Å². The molecule has 1 aliphatic rings. The van der Waals surface area contributed by atoms with Crippen LogP contribution in [0.1, 0.15) is 24.4 Å². The number of ether oxygens (including phenoxy) is 1. The van der Waals surface area contributed by atoms with Gasteiger partial charge in [-0.3, -0.25) is 14.4 Å². The Hall–Kier alpha value is -3.19. The Bertz CT molecular complexity index is 898. The molecule has 30 heavy (non-hydrogen) atoms. The van der Waals surface area contributed by atoms with Crippen molar-refractivity contribution in [3.8, 4) is 5.75 Å². The molecule has 1 fully saturated rings. The van der Waals surface area contributed by atoms with Crippen LogP contribution in [0.15, 0.2) is 61.2 Å². The van der Waals surface area contributed by atoms with Gasteiger partial charge in [-0.1, -0.05) is 24.8 Å². The van der Waals surface area contributed by atoms with E-state index in [1.165, 1.54) is 26.3 Å². The van der Waals surface area contributed by atoms with Crippen LogP contribution in [-0.2, 0) is 14.4 Å². The zero-order valence-corrected chi connectivity index (χ0v) is 17.1. The topological polar surface area (TPSA) is 59.1 Å². The largest absolute Gasteiger partial charge is 0.490 e. The van der Waals surface area contributed by atoms with Gasteiger partial charge in [0.05, 0.1) is 19.1 Å². The van der Waals surface area contributed by atoms with Crippen LogP contribution < -0.4 is 9.64 Å². The van der Waals surface area contributed by atoms with E-state index in [1.54, 1.807) is 23.1 Å². The molecule has 3 rings (SSSR count). The Kier molecular flexibility index (Phi) is 6.84. The Morgan fingerprint density at radius 1 is 1.20 bits per heavy atom. The SMILES string of the molecule is C=CCOc1ccc([C@@H]2[C@@H](CCC(=O)N(C)OC)C(=O)N2c2ccc(F)cc2)cc1. The molecule has 1 saturated heterocycles. The van der Waals surface area contributed by atoms with E-state index in [9.17, 15) is 14.0 Å². The van der Waals surface area contributed by atoms with Crippen LogP contribution in [-0.4, -0.2) is 37.6 Å². The van der Waals surface area contributed by atoms with Crippen molar-refractivity contribution in [1.82, 2.24) is 5.06 Å². The third-order valence-electron chi connectivity index (χ3n) is 5.20. The fourth-order valence-corrected chi connectivity index (χ4v) is 3.56. The number of anilines is 1. The van der Waals surface area contributed by atoms with Crippen LogP contribution in [0, 0.1) is 11.7 Å². The van der Waals surface area contributed by atoms with Gasteiger partial charge in [-0.15, -0.1) is 0 Å². The van der Waals surface area contributed by atoms with Crippen molar-refractivity contribution in [2.24, 2.45) is 5.92 Å². The molecular weight excluding hydrogens is 387 g/mol. The van der Waals surface area contributed by atoms with E-state index in [2.05, 4.69) is 6.58 Å². The maximum absolute atomic E-state index is 13.4. The molecule has 2 aromatic carbocycles.